The molecule has 8 heteroatoms. The molecule has 1 aromatic rings. The number of hydrogen-bond donors (Lipinski definition) is 0. The molecule has 0 spiro atoms. The maximum atomic E-state index is 12.6. The molecule has 0 bridgehead atoms. The van der Waals surface area contributed by atoms with Gasteiger partial charge in [-0.15, -0.1) is 0 Å². The largest absolute Gasteiger partial charge is 0.439 e. The molecule has 3 saturated heterocycles. The highest BCUT2D eigenvalue weighted by Crippen LogP contribution is 2.24. The summed E-state index contributed by atoms with van der Waals surface area (Å²) in [6, 6.07) is 7.73. The molecule has 0 unspecified atom stereocenters. The number of methoxy groups -OCH3 is 1. The van der Waals surface area contributed by atoms with Crippen LogP contribution in [-0.4, -0.2) is 80.3 Å². The van der Waals surface area contributed by atoms with Crippen LogP contribution in [0.3, 0.4) is 0 Å². The van der Waals surface area contributed by atoms with E-state index in [2.05, 4.69) is 4.90 Å². The minimum atomic E-state index is -0.583. The number of anilines is 1. The van der Waals surface area contributed by atoms with E-state index in [4.69, 9.17) is 9.47 Å². The number of piperidine rings is 1. The molecule has 0 radical (unpaired) electrons. The molecule has 0 saturated carbocycles. The predicted octanol–water partition coefficient (Wildman–Crippen LogP) is 1.35. The maximum Gasteiger partial charge on any atom is 0.417 e. The molecule has 8 nitrogen and oxygen atoms in total. The summed E-state index contributed by atoms with van der Waals surface area (Å²) in [6.07, 6.45) is 1.79. The number of carbonyl (C=O) groups excluding carboxylic acids is 3. The molecule has 4 rings (SSSR count). The van der Waals surface area contributed by atoms with Gasteiger partial charge in [-0.05, 0) is 37.1 Å². The number of nitrogens with zero attached hydrogens (tertiary/aromatic N) is 3. The molecular formula is C20H25N3O5. The summed E-state index contributed by atoms with van der Waals surface area (Å²) >= 11 is 0. The molecule has 28 heavy (non-hydrogen) atoms. The molecule has 0 aliphatic carbocycles. The Morgan fingerprint density at radius 3 is 2.39 bits per heavy atom. The van der Waals surface area contributed by atoms with E-state index in [1.165, 1.54) is 0 Å². The van der Waals surface area contributed by atoms with Crippen molar-refractivity contribution in [3.05, 3.63) is 29.8 Å². The number of imide groups is 1. The molecule has 0 aromatic heterocycles. The first-order chi connectivity index (χ1) is 13.5. The van der Waals surface area contributed by atoms with Gasteiger partial charge in [-0.1, -0.05) is 0 Å². The van der Waals surface area contributed by atoms with Gasteiger partial charge in [0.15, 0.2) is 6.61 Å². The number of cyclic esters (lactones) is 1. The van der Waals surface area contributed by atoms with Crippen molar-refractivity contribution in [2.24, 2.45) is 5.92 Å². The Kier molecular flexibility index (Phi) is 5.21. The molecule has 1 aromatic carbocycles. The first kappa shape index (κ1) is 18.7. The van der Waals surface area contributed by atoms with Gasteiger partial charge in [-0.2, -0.15) is 0 Å². The Morgan fingerprint density at radius 2 is 1.82 bits per heavy atom. The van der Waals surface area contributed by atoms with E-state index in [-0.39, 0.29) is 24.3 Å². The van der Waals surface area contributed by atoms with Crippen molar-refractivity contribution in [1.29, 1.82) is 0 Å². The molecular weight excluding hydrogens is 362 g/mol. The lowest BCUT2D eigenvalue weighted by molar-refractivity contribution is -0.126. The molecule has 3 aliphatic rings. The average Bonchev–Trinajstić information content (AvgIpc) is 3.02. The maximum absolute atomic E-state index is 12.6. The number of likely N-dealkylation sites (tertiary alicyclic amines) is 1. The fourth-order valence-electron chi connectivity index (χ4n) is 4.01. The number of ether oxygens (including phenoxy) is 2. The fourth-order valence-corrected chi connectivity index (χ4v) is 4.01. The second-order valence-corrected chi connectivity index (χ2v) is 7.60. The molecule has 3 amide bonds. The minimum Gasteiger partial charge on any atom is -0.439 e. The van der Waals surface area contributed by atoms with Crippen LogP contribution in [0.5, 0.6) is 0 Å². The van der Waals surface area contributed by atoms with E-state index in [0.717, 1.165) is 36.5 Å². The number of amides is 3. The lowest BCUT2D eigenvalue weighted by Crippen LogP contribution is -2.54. The zero-order chi connectivity index (χ0) is 19.7. The van der Waals surface area contributed by atoms with Gasteiger partial charge in [0, 0.05) is 57.0 Å². The number of hydrogen-bond acceptors (Lipinski definition) is 6. The van der Waals surface area contributed by atoms with Crippen LogP contribution in [0.2, 0.25) is 0 Å². The summed E-state index contributed by atoms with van der Waals surface area (Å²) in [5.74, 6) is -0.212. The lowest BCUT2D eigenvalue weighted by Gasteiger charge is -2.40. The Bertz CT molecular complexity index is 736. The van der Waals surface area contributed by atoms with E-state index >= 15 is 0 Å². The Morgan fingerprint density at radius 1 is 1.14 bits per heavy atom. The van der Waals surface area contributed by atoms with Crippen molar-refractivity contribution >= 4 is 23.6 Å². The van der Waals surface area contributed by atoms with Crippen molar-refractivity contribution in [3.8, 4) is 0 Å². The van der Waals surface area contributed by atoms with Crippen molar-refractivity contribution in [1.82, 2.24) is 9.80 Å². The minimum absolute atomic E-state index is 0.0174. The van der Waals surface area contributed by atoms with Gasteiger partial charge >= 0.3 is 6.09 Å². The highest BCUT2D eigenvalue weighted by molar-refractivity contribution is 5.98. The van der Waals surface area contributed by atoms with Crippen molar-refractivity contribution in [2.45, 2.75) is 18.9 Å². The van der Waals surface area contributed by atoms with Gasteiger partial charge in [-0.3, -0.25) is 9.59 Å². The monoisotopic (exact) mass is 387 g/mol. The third-order valence-electron chi connectivity index (χ3n) is 5.78. The van der Waals surface area contributed by atoms with Crippen LogP contribution in [0.15, 0.2) is 24.3 Å². The van der Waals surface area contributed by atoms with Gasteiger partial charge in [0.1, 0.15) is 0 Å². The van der Waals surface area contributed by atoms with Gasteiger partial charge in [0.2, 0.25) is 0 Å². The topological polar surface area (TPSA) is 79.4 Å². The van der Waals surface area contributed by atoms with Crippen LogP contribution in [-0.2, 0) is 14.3 Å². The Hall–Kier alpha value is -2.61. The van der Waals surface area contributed by atoms with E-state index in [1.807, 2.05) is 24.3 Å². The van der Waals surface area contributed by atoms with Gasteiger partial charge < -0.3 is 19.3 Å². The highest BCUT2D eigenvalue weighted by Gasteiger charge is 2.38. The van der Waals surface area contributed by atoms with Crippen LogP contribution in [0.25, 0.3) is 0 Å². The molecule has 3 heterocycles. The molecule has 0 atom stereocenters. The van der Waals surface area contributed by atoms with Gasteiger partial charge in [-0.25, -0.2) is 9.69 Å². The smallest absolute Gasteiger partial charge is 0.417 e. The van der Waals surface area contributed by atoms with E-state index in [0.29, 0.717) is 31.3 Å². The first-order valence-corrected chi connectivity index (χ1v) is 9.69. The summed E-state index contributed by atoms with van der Waals surface area (Å²) in [5.41, 5.74) is 1.78. The van der Waals surface area contributed by atoms with Crippen LogP contribution < -0.4 is 4.90 Å². The zero-order valence-corrected chi connectivity index (χ0v) is 16.0. The zero-order valence-electron chi connectivity index (χ0n) is 16.0. The van der Waals surface area contributed by atoms with Crippen molar-refractivity contribution in [3.63, 3.8) is 0 Å². The van der Waals surface area contributed by atoms with Gasteiger partial charge in [0.25, 0.3) is 11.8 Å². The second-order valence-electron chi connectivity index (χ2n) is 7.60. The van der Waals surface area contributed by atoms with E-state index in [1.54, 1.807) is 12.0 Å². The van der Waals surface area contributed by atoms with Crippen LogP contribution in [0.1, 0.15) is 23.2 Å². The van der Waals surface area contributed by atoms with Crippen LogP contribution >= 0.6 is 0 Å². The predicted molar refractivity (Wildman–Crippen MR) is 101 cm³/mol. The molecule has 3 fully saturated rings. The third kappa shape index (κ3) is 3.69. The Labute approximate surface area is 164 Å². The quantitative estimate of drug-likeness (QED) is 0.759. The van der Waals surface area contributed by atoms with E-state index in [9.17, 15) is 14.4 Å². The lowest BCUT2D eigenvalue weighted by atomic mass is 9.98. The summed E-state index contributed by atoms with van der Waals surface area (Å²) in [5, 5.41) is 0. The summed E-state index contributed by atoms with van der Waals surface area (Å²) in [6.45, 7) is 3.14. The van der Waals surface area contributed by atoms with Crippen LogP contribution in [0, 0.1) is 5.92 Å². The number of rotatable bonds is 5. The molecule has 3 aliphatic heterocycles. The second kappa shape index (κ2) is 7.79. The van der Waals surface area contributed by atoms with Crippen molar-refractivity contribution in [2.75, 3.05) is 51.3 Å². The molecule has 150 valence electrons. The normalized spacial score (nSPS) is 21.1. The standard InChI is InChI=1S/C20H25N3O5/c1-27-17-6-8-21(9-7-17)16-4-2-15(3-5-16)19(25)22-10-14(11-22)12-23-18(24)13-28-20(23)26/h2-5,14,17H,6-13H2,1H3. The SMILES string of the molecule is COC1CCN(c2ccc(C(=O)N3CC(CN4C(=O)COC4=O)C3)cc2)CC1. The fraction of sp³-hybridized carbons (Fsp3) is 0.550. The highest BCUT2D eigenvalue weighted by atomic mass is 16.6. The first-order valence-electron chi connectivity index (χ1n) is 9.69. The third-order valence-corrected chi connectivity index (χ3v) is 5.78. The summed E-state index contributed by atoms with van der Waals surface area (Å²) < 4.78 is 10.1. The van der Waals surface area contributed by atoms with Gasteiger partial charge in [0.05, 0.1) is 6.10 Å². The number of carbonyl (C=O) groups is 3. The van der Waals surface area contributed by atoms with Crippen molar-refractivity contribution < 1.29 is 23.9 Å². The summed E-state index contributed by atoms with van der Waals surface area (Å²) in [4.78, 5) is 40.9. The average molecular weight is 387 g/mol. The number of benzene rings is 1. The molecule has 0 N–H and O–H groups in total. The Balaban J connectivity index is 1.28. The summed E-state index contributed by atoms with van der Waals surface area (Å²) in [7, 11) is 1.76. The van der Waals surface area contributed by atoms with Crippen LogP contribution in [0.4, 0.5) is 10.5 Å². The van der Waals surface area contributed by atoms with E-state index < -0.39 is 6.09 Å².